The second-order valence-electron chi connectivity index (χ2n) is 6.66. The fourth-order valence-electron chi connectivity index (χ4n) is 3.06. The van der Waals surface area contributed by atoms with Crippen molar-refractivity contribution in [3.05, 3.63) is 41.7 Å². The molecule has 10 heteroatoms. The number of ether oxygens (including phenoxy) is 1. The summed E-state index contributed by atoms with van der Waals surface area (Å²) in [5, 5.41) is 20.0. The lowest BCUT2D eigenvalue weighted by Gasteiger charge is -2.13. The van der Waals surface area contributed by atoms with Crippen LogP contribution in [0.4, 0.5) is 5.95 Å². The fraction of sp³-hybridized carbons (Fsp3) is 0.389. The van der Waals surface area contributed by atoms with Gasteiger partial charge in [0, 0.05) is 12.2 Å². The van der Waals surface area contributed by atoms with Gasteiger partial charge in [0.05, 0.1) is 19.0 Å². The highest BCUT2D eigenvalue weighted by atomic mass is 33.1. The van der Waals surface area contributed by atoms with E-state index >= 15 is 0 Å². The molecular weight excluding hydrogens is 398 g/mol. The number of nitrogens with zero attached hydrogens (tertiary/aromatic N) is 4. The number of hydrogen-bond donors (Lipinski definition) is 3. The van der Waals surface area contributed by atoms with E-state index in [0.29, 0.717) is 22.6 Å². The Morgan fingerprint density at radius 3 is 2.79 bits per heavy atom. The van der Waals surface area contributed by atoms with Crippen LogP contribution in [0.3, 0.4) is 0 Å². The maximum atomic E-state index is 10.00. The van der Waals surface area contributed by atoms with Gasteiger partial charge >= 0.3 is 0 Å². The average molecular weight is 420 g/mol. The van der Waals surface area contributed by atoms with E-state index in [-0.39, 0.29) is 12.6 Å². The number of aliphatic hydroxyl groups is 2. The van der Waals surface area contributed by atoms with E-state index in [9.17, 15) is 10.2 Å². The number of imidazole rings is 1. The van der Waals surface area contributed by atoms with Crippen molar-refractivity contribution in [2.75, 3.05) is 12.3 Å². The first-order chi connectivity index (χ1) is 13.5. The van der Waals surface area contributed by atoms with E-state index < -0.39 is 18.4 Å². The topological polar surface area (TPSA) is 119 Å². The Labute approximate surface area is 169 Å². The van der Waals surface area contributed by atoms with Gasteiger partial charge in [0.1, 0.15) is 22.9 Å². The number of fused-ring (bicyclic) bond motifs is 1. The number of anilines is 1. The van der Waals surface area contributed by atoms with Gasteiger partial charge in [-0.1, -0.05) is 40.6 Å². The number of nitrogens with two attached hydrogens (primary N) is 1. The normalized spacial score (nSPS) is 22.2. The molecule has 4 N–H and O–H groups in total. The van der Waals surface area contributed by atoms with Gasteiger partial charge in [-0.25, -0.2) is 9.97 Å². The molecule has 0 saturated carbocycles. The molecule has 1 fully saturated rings. The predicted octanol–water partition coefficient (Wildman–Crippen LogP) is 2.30. The largest absolute Gasteiger partial charge is 0.394 e. The molecule has 0 amide bonds. The Kier molecular flexibility index (Phi) is 5.74. The molecule has 4 rings (SSSR count). The van der Waals surface area contributed by atoms with Crippen LogP contribution in [0, 0.1) is 6.92 Å². The molecule has 1 aromatic carbocycles. The molecular formula is C18H21N5O3S2. The molecule has 1 saturated heterocycles. The average Bonchev–Trinajstić information content (AvgIpc) is 3.26. The van der Waals surface area contributed by atoms with E-state index in [1.165, 1.54) is 21.9 Å². The number of benzene rings is 1. The lowest BCUT2D eigenvalue weighted by Crippen LogP contribution is -2.24. The number of aliphatic hydroxyl groups excluding tert-OH is 2. The lowest BCUT2D eigenvalue weighted by molar-refractivity contribution is -0.0432. The van der Waals surface area contributed by atoms with Gasteiger partial charge in [0.2, 0.25) is 5.95 Å². The highest BCUT2D eigenvalue weighted by Gasteiger charge is 2.35. The van der Waals surface area contributed by atoms with Crippen molar-refractivity contribution in [3.63, 3.8) is 0 Å². The van der Waals surface area contributed by atoms with Gasteiger partial charge in [-0.05, 0) is 23.3 Å². The minimum Gasteiger partial charge on any atom is -0.394 e. The van der Waals surface area contributed by atoms with Gasteiger partial charge in [0.25, 0.3) is 0 Å². The fourth-order valence-corrected chi connectivity index (χ4v) is 5.18. The molecule has 3 atom stereocenters. The first kappa shape index (κ1) is 19.5. The van der Waals surface area contributed by atoms with Crippen LogP contribution in [-0.4, -0.2) is 48.5 Å². The summed E-state index contributed by atoms with van der Waals surface area (Å²) < 4.78 is 7.45. The summed E-state index contributed by atoms with van der Waals surface area (Å²) in [5.74, 6) is 0.984. The van der Waals surface area contributed by atoms with Gasteiger partial charge in [-0.2, -0.15) is 4.98 Å². The van der Waals surface area contributed by atoms with Crippen molar-refractivity contribution in [1.29, 1.82) is 0 Å². The standard InChI is InChI=1S/C18H21N5O3S2/c1-10-2-4-11(5-3-10)8-27-28-17-15-16(21-18(19)22-17)23(9-20-15)14-6-12(25)13(7-24)26-14/h2-5,9,12-14,24-25H,6-8H2,1H3,(H2,19,21,22)/t12-,13+,14?/m0/s1. The zero-order chi connectivity index (χ0) is 19.7. The smallest absolute Gasteiger partial charge is 0.223 e. The minimum atomic E-state index is -0.731. The van der Waals surface area contributed by atoms with Crippen molar-refractivity contribution in [2.24, 2.45) is 0 Å². The zero-order valence-corrected chi connectivity index (χ0v) is 16.9. The maximum Gasteiger partial charge on any atom is 0.223 e. The zero-order valence-electron chi connectivity index (χ0n) is 15.2. The molecule has 0 radical (unpaired) electrons. The number of aryl methyl sites for hydroxylation is 1. The summed E-state index contributed by atoms with van der Waals surface area (Å²) in [6.45, 7) is 1.83. The molecule has 0 spiro atoms. The van der Waals surface area contributed by atoms with Crippen LogP contribution in [0.25, 0.3) is 11.2 Å². The molecule has 1 aliphatic heterocycles. The first-order valence-electron chi connectivity index (χ1n) is 8.84. The van der Waals surface area contributed by atoms with Crippen LogP contribution < -0.4 is 5.73 Å². The van der Waals surface area contributed by atoms with Crippen LogP contribution in [0.15, 0.2) is 35.6 Å². The number of aromatic nitrogens is 4. The van der Waals surface area contributed by atoms with Crippen molar-refractivity contribution in [1.82, 2.24) is 19.5 Å². The first-order valence-corrected chi connectivity index (χ1v) is 11.2. The molecule has 8 nitrogen and oxygen atoms in total. The number of rotatable bonds is 6. The van der Waals surface area contributed by atoms with Crippen LogP contribution in [0.1, 0.15) is 23.8 Å². The van der Waals surface area contributed by atoms with Crippen LogP contribution in [-0.2, 0) is 10.5 Å². The maximum absolute atomic E-state index is 10.00. The third-order valence-electron chi connectivity index (χ3n) is 4.59. The van der Waals surface area contributed by atoms with Gasteiger partial charge in [-0.3, -0.25) is 4.57 Å². The SMILES string of the molecule is Cc1ccc(CSSc2nc(N)nc3c2ncn3C2C[C@H](O)[C@@H](CO)O2)cc1. The number of hydrogen-bond acceptors (Lipinski definition) is 9. The Bertz CT molecular complexity index is 966. The Hall–Kier alpha value is -1.85. The molecule has 2 aromatic heterocycles. The highest BCUT2D eigenvalue weighted by molar-refractivity contribution is 8.76. The quantitative estimate of drug-likeness (QED) is 0.408. The van der Waals surface area contributed by atoms with Gasteiger partial charge in [0.15, 0.2) is 5.65 Å². The third kappa shape index (κ3) is 3.96. The van der Waals surface area contributed by atoms with Crippen LogP contribution in [0.5, 0.6) is 0 Å². The molecule has 3 heterocycles. The summed E-state index contributed by atoms with van der Waals surface area (Å²) in [7, 11) is 3.16. The van der Waals surface area contributed by atoms with Crippen molar-refractivity contribution >= 4 is 38.7 Å². The molecule has 3 aromatic rings. The summed E-state index contributed by atoms with van der Waals surface area (Å²) in [4.78, 5) is 13.1. The Morgan fingerprint density at radius 2 is 2.07 bits per heavy atom. The Morgan fingerprint density at radius 1 is 1.29 bits per heavy atom. The predicted molar refractivity (Wildman–Crippen MR) is 110 cm³/mol. The molecule has 28 heavy (non-hydrogen) atoms. The second kappa shape index (κ2) is 8.26. The van der Waals surface area contributed by atoms with E-state index in [1.807, 2.05) is 0 Å². The van der Waals surface area contributed by atoms with Crippen molar-refractivity contribution in [2.45, 2.75) is 42.6 Å². The van der Waals surface area contributed by atoms with Crippen LogP contribution in [0.2, 0.25) is 0 Å². The molecule has 148 valence electrons. The summed E-state index contributed by atoms with van der Waals surface area (Å²) in [5.41, 5.74) is 9.58. The highest BCUT2D eigenvalue weighted by Crippen LogP contribution is 2.38. The van der Waals surface area contributed by atoms with Gasteiger partial charge < -0.3 is 20.7 Å². The molecule has 0 bridgehead atoms. The second-order valence-corrected chi connectivity index (χ2v) is 8.94. The third-order valence-corrected chi connectivity index (χ3v) is 6.78. The van der Waals surface area contributed by atoms with E-state index in [4.69, 9.17) is 10.5 Å². The Balaban J connectivity index is 1.53. The van der Waals surface area contributed by atoms with E-state index in [0.717, 1.165) is 5.75 Å². The lowest BCUT2D eigenvalue weighted by atomic mass is 10.2. The van der Waals surface area contributed by atoms with Crippen molar-refractivity contribution in [3.8, 4) is 0 Å². The summed E-state index contributed by atoms with van der Waals surface area (Å²) >= 11 is 0. The van der Waals surface area contributed by atoms with Crippen LogP contribution >= 0.6 is 21.6 Å². The summed E-state index contributed by atoms with van der Waals surface area (Å²) in [6, 6.07) is 8.42. The minimum absolute atomic E-state index is 0.157. The van der Waals surface area contributed by atoms with E-state index in [1.54, 1.807) is 21.7 Å². The van der Waals surface area contributed by atoms with Gasteiger partial charge in [-0.15, -0.1) is 0 Å². The molecule has 0 aliphatic carbocycles. The van der Waals surface area contributed by atoms with E-state index in [2.05, 4.69) is 46.1 Å². The monoisotopic (exact) mass is 419 g/mol. The van der Waals surface area contributed by atoms with Crippen molar-refractivity contribution < 1.29 is 14.9 Å². The molecule has 1 aliphatic rings. The molecule has 1 unspecified atom stereocenters. The summed E-state index contributed by atoms with van der Waals surface area (Å²) in [6.07, 6.45) is 0.172. The number of nitrogen functional groups attached to an aromatic ring is 1.